The fourth-order valence-electron chi connectivity index (χ4n) is 3.11. The van der Waals surface area contributed by atoms with Gasteiger partial charge in [0.15, 0.2) is 0 Å². The van der Waals surface area contributed by atoms with Gasteiger partial charge in [-0.15, -0.1) is 0 Å². The summed E-state index contributed by atoms with van der Waals surface area (Å²) >= 11 is 0. The predicted molar refractivity (Wildman–Crippen MR) is 80.9 cm³/mol. The Hall–Kier alpha value is -0.570. The number of amides is 1. The fourth-order valence-corrected chi connectivity index (χ4v) is 3.11. The van der Waals surface area contributed by atoms with Crippen molar-refractivity contribution in [1.82, 2.24) is 4.90 Å². The monoisotopic (exact) mass is 268 g/mol. The van der Waals surface area contributed by atoms with Gasteiger partial charge in [-0.1, -0.05) is 46.5 Å². The molecule has 3 nitrogen and oxygen atoms in total. The highest BCUT2D eigenvalue weighted by Gasteiger charge is 2.40. The third kappa shape index (κ3) is 4.79. The summed E-state index contributed by atoms with van der Waals surface area (Å²) in [7, 11) is 0. The van der Waals surface area contributed by atoms with Crippen LogP contribution in [-0.4, -0.2) is 29.4 Å². The number of nitrogens with zero attached hydrogens (tertiary/aromatic N) is 1. The van der Waals surface area contributed by atoms with E-state index in [1.165, 1.54) is 6.42 Å². The van der Waals surface area contributed by atoms with Crippen molar-refractivity contribution < 1.29 is 4.79 Å². The second kappa shape index (κ2) is 7.88. The van der Waals surface area contributed by atoms with E-state index in [0.29, 0.717) is 5.92 Å². The summed E-state index contributed by atoms with van der Waals surface area (Å²) in [4.78, 5) is 14.8. The molecule has 19 heavy (non-hydrogen) atoms. The van der Waals surface area contributed by atoms with Gasteiger partial charge >= 0.3 is 0 Å². The van der Waals surface area contributed by atoms with Gasteiger partial charge in [0, 0.05) is 13.1 Å². The lowest BCUT2D eigenvalue weighted by Gasteiger charge is -2.39. The molecule has 1 aliphatic carbocycles. The van der Waals surface area contributed by atoms with Gasteiger partial charge in [-0.05, 0) is 31.6 Å². The molecule has 0 saturated heterocycles. The van der Waals surface area contributed by atoms with Crippen LogP contribution in [0.15, 0.2) is 0 Å². The summed E-state index contributed by atoms with van der Waals surface area (Å²) in [6.07, 6.45) is 8.47. The van der Waals surface area contributed by atoms with E-state index < -0.39 is 5.54 Å². The minimum Gasteiger partial charge on any atom is -0.341 e. The summed E-state index contributed by atoms with van der Waals surface area (Å²) in [5.74, 6) is 0.794. The van der Waals surface area contributed by atoms with Gasteiger partial charge < -0.3 is 10.6 Å². The van der Waals surface area contributed by atoms with Gasteiger partial charge in [-0.3, -0.25) is 4.79 Å². The van der Waals surface area contributed by atoms with Crippen molar-refractivity contribution in [3.05, 3.63) is 0 Å². The van der Waals surface area contributed by atoms with E-state index in [0.717, 1.165) is 58.0 Å². The molecule has 0 heterocycles. The fraction of sp³-hybridized carbons (Fsp3) is 0.938. The Kier molecular flexibility index (Phi) is 6.84. The molecular formula is C16H32N2O. The van der Waals surface area contributed by atoms with Crippen molar-refractivity contribution in [2.24, 2.45) is 11.7 Å². The topological polar surface area (TPSA) is 46.3 Å². The Morgan fingerprint density at radius 2 is 1.84 bits per heavy atom. The summed E-state index contributed by atoms with van der Waals surface area (Å²) in [5, 5.41) is 0. The molecule has 2 atom stereocenters. The normalized spacial score (nSPS) is 27.3. The van der Waals surface area contributed by atoms with Crippen LogP contribution in [0.25, 0.3) is 0 Å². The zero-order valence-corrected chi connectivity index (χ0v) is 13.1. The molecule has 1 amide bonds. The highest BCUT2D eigenvalue weighted by atomic mass is 16.2. The molecule has 2 unspecified atom stereocenters. The first-order valence-corrected chi connectivity index (χ1v) is 8.11. The minimum absolute atomic E-state index is 0.209. The third-order valence-corrected chi connectivity index (χ3v) is 4.31. The predicted octanol–water partition coefficient (Wildman–Crippen LogP) is 3.32. The average Bonchev–Trinajstić information content (AvgIpc) is 2.38. The zero-order valence-electron chi connectivity index (χ0n) is 13.1. The molecule has 0 aromatic rings. The Morgan fingerprint density at radius 3 is 2.32 bits per heavy atom. The Morgan fingerprint density at radius 1 is 1.26 bits per heavy atom. The number of hydrogen-bond acceptors (Lipinski definition) is 2. The highest BCUT2D eigenvalue weighted by molar-refractivity contribution is 5.86. The van der Waals surface area contributed by atoms with E-state index in [1.54, 1.807) is 0 Å². The maximum Gasteiger partial charge on any atom is 0.242 e. The van der Waals surface area contributed by atoms with Crippen LogP contribution in [0.5, 0.6) is 0 Å². The number of unbranched alkanes of at least 4 members (excludes halogenated alkanes) is 2. The molecule has 1 aliphatic rings. The molecule has 2 N–H and O–H groups in total. The smallest absolute Gasteiger partial charge is 0.242 e. The first-order chi connectivity index (χ1) is 9.03. The average molecular weight is 268 g/mol. The quantitative estimate of drug-likeness (QED) is 0.770. The first kappa shape index (κ1) is 16.5. The van der Waals surface area contributed by atoms with E-state index in [4.69, 9.17) is 5.73 Å². The summed E-state index contributed by atoms with van der Waals surface area (Å²) < 4.78 is 0. The van der Waals surface area contributed by atoms with E-state index >= 15 is 0 Å². The molecular weight excluding hydrogens is 236 g/mol. The SMILES string of the molecule is CCCCN(CCCC)C(=O)C1(N)CCCC(C)C1. The number of rotatable bonds is 7. The molecule has 0 aromatic heterocycles. The van der Waals surface area contributed by atoms with Crippen molar-refractivity contribution in [3.8, 4) is 0 Å². The van der Waals surface area contributed by atoms with Crippen LogP contribution in [-0.2, 0) is 4.79 Å². The lowest BCUT2D eigenvalue weighted by atomic mass is 9.76. The minimum atomic E-state index is -0.584. The highest BCUT2D eigenvalue weighted by Crippen LogP contribution is 2.32. The van der Waals surface area contributed by atoms with E-state index in [9.17, 15) is 4.79 Å². The summed E-state index contributed by atoms with van der Waals surface area (Å²) in [6, 6.07) is 0. The summed E-state index contributed by atoms with van der Waals surface area (Å²) in [6.45, 7) is 8.31. The lowest BCUT2D eigenvalue weighted by molar-refractivity contribution is -0.139. The zero-order chi connectivity index (χ0) is 14.3. The van der Waals surface area contributed by atoms with E-state index in [1.807, 2.05) is 4.90 Å². The standard InChI is InChI=1S/C16H32N2O/c1-4-6-11-18(12-7-5-2)15(19)16(17)10-8-9-14(3)13-16/h14H,4-13,17H2,1-3H3. The number of carbonyl (C=O) groups is 1. The van der Waals surface area contributed by atoms with Crippen LogP contribution in [0.3, 0.4) is 0 Å². The second-order valence-corrected chi connectivity index (χ2v) is 6.36. The molecule has 112 valence electrons. The Labute approximate surface area is 118 Å². The molecule has 1 rings (SSSR count). The van der Waals surface area contributed by atoms with Gasteiger partial charge in [0.1, 0.15) is 0 Å². The lowest BCUT2D eigenvalue weighted by Crippen LogP contribution is -2.57. The Bertz CT molecular complexity index is 272. The maximum absolute atomic E-state index is 12.8. The van der Waals surface area contributed by atoms with E-state index in [2.05, 4.69) is 20.8 Å². The van der Waals surface area contributed by atoms with Crippen molar-refractivity contribution in [2.75, 3.05) is 13.1 Å². The Balaban J connectivity index is 2.67. The van der Waals surface area contributed by atoms with Crippen LogP contribution < -0.4 is 5.73 Å². The molecule has 0 bridgehead atoms. The molecule has 0 aliphatic heterocycles. The van der Waals surface area contributed by atoms with Gasteiger partial charge in [-0.25, -0.2) is 0 Å². The molecule has 3 heteroatoms. The van der Waals surface area contributed by atoms with Crippen molar-refractivity contribution in [3.63, 3.8) is 0 Å². The van der Waals surface area contributed by atoms with Crippen molar-refractivity contribution in [1.29, 1.82) is 0 Å². The largest absolute Gasteiger partial charge is 0.341 e. The molecule has 0 radical (unpaired) electrons. The number of nitrogens with two attached hydrogens (primary N) is 1. The van der Waals surface area contributed by atoms with Gasteiger partial charge in [0.2, 0.25) is 5.91 Å². The van der Waals surface area contributed by atoms with E-state index in [-0.39, 0.29) is 5.91 Å². The van der Waals surface area contributed by atoms with Crippen LogP contribution in [0, 0.1) is 5.92 Å². The van der Waals surface area contributed by atoms with Crippen molar-refractivity contribution in [2.45, 2.75) is 77.7 Å². The molecule has 1 fully saturated rings. The van der Waals surface area contributed by atoms with Gasteiger partial charge in [0.25, 0.3) is 0 Å². The number of hydrogen-bond donors (Lipinski definition) is 1. The summed E-state index contributed by atoms with van der Waals surface area (Å²) in [5.41, 5.74) is 5.86. The van der Waals surface area contributed by atoms with Crippen LogP contribution >= 0.6 is 0 Å². The molecule has 1 saturated carbocycles. The number of carbonyl (C=O) groups excluding carboxylic acids is 1. The van der Waals surface area contributed by atoms with Crippen LogP contribution in [0.4, 0.5) is 0 Å². The molecule has 0 aromatic carbocycles. The van der Waals surface area contributed by atoms with Gasteiger partial charge in [-0.2, -0.15) is 0 Å². The second-order valence-electron chi connectivity index (χ2n) is 6.36. The third-order valence-electron chi connectivity index (χ3n) is 4.31. The molecule has 0 spiro atoms. The van der Waals surface area contributed by atoms with Crippen LogP contribution in [0.2, 0.25) is 0 Å². The maximum atomic E-state index is 12.8. The van der Waals surface area contributed by atoms with Crippen molar-refractivity contribution >= 4 is 5.91 Å². The first-order valence-electron chi connectivity index (χ1n) is 8.11. The van der Waals surface area contributed by atoms with Crippen LogP contribution in [0.1, 0.15) is 72.1 Å². The van der Waals surface area contributed by atoms with Gasteiger partial charge in [0.05, 0.1) is 5.54 Å².